The summed E-state index contributed by atoms with van der Waals surface area (Å²) in [5, 5.41) is 14.0. The summed E-state index contributed by atoms with van der Waals surface area (Å²) in [6.07, 6.45) is 0. The molecule has 1 atom stereocenters. The van der Waals surface area contributed by atoms with E-state index in [0.29, 0.717) is 23.7 Å². The largest absolute Gasteiger partial charge is 0.497 e. The second-order valence-corrected chi connectivity index (χ2v) is 3.87. The number of nitro benzene ring substituents is 1. The average Bonchev–Trinajstić information content (AvgIpc) is 2.75. The van der Waals surface area contributed by atoms with Gasteiger partial charge < -0.3 is 10.1 Å². The van der Waals surface area contributed by atoms with Crippen molar-refractivity contribution in [3.63, 3.8) is 0 Å². The predicted molar refractivity (Wildman–Crippen MR) is 63.7 cm³/mol. The molecule has 1 aliphatic heterocycles. The van der Waals surface area contributed by atoms with Gasteiger partial charge in [0, 0.05) is 12.1 Å². The number of methoxy groups -OCH3 is 1. The molecule has 6 heteroatoms. The van der Waals surface area contributed by atoms with Gasteiger partial charge in [0.2, 0.25) is 0 Å². The van der Waals surface area contributed by atoms with Gasteiger partial charge in [-0.25, -0.2) is 0 Å². The van der Waals surface area contributed by atoms with Crippen molar-refractivity contribution in [1.82, 2.24) is 5.32 Å². The van der Waals surface area contributed by atoms with Crippen LogP contribution in [0.15, 0.2) is 23.2 Å². The van der Waals surface area contributed by atoms with Gasteiger partial charge in [-0.15, -0.1) is 0 Å². The fourth-order valence-electron chi connectivity index (χ4n) is 1.71. The molecule has 2 rings (SSSR count). The van der Waals surface area contributed by atoms with Gasteiger partial charge in [-0.2, -0.15) is 0 Å². The fourth-order valence-corrected chi connectivity index (χ4v) is 1.71. The SMILES string of the molecule is COc1ccc([N+](=O)[O-])c(C2=NCC(C)N2)c1. The molecular weight excluding hydrogens is 222 g/mol. The first-order valence-electron chi connectivity index (χ1n) is 5.25. The molecule has 1 aromatic carbocycles. The van der Waals surface area contributed by atoms with Crippen LogP contribution in [0.5, 0.6) is 5.75 Å². The highest BCUT2D eigenvalue weighted by atomic mass is 16.6. The molecule has 0 radical (unpaired) electrons. The molecule has 1 unspecified atom stereocenters. The molecule has 0 spiro atoms. The van der Waals surface area contributed by atoms with Crippen LogP contribution >= 0.6 is 0 Å². The van der Waals surface area contributed by atoms with Crippen LogP contribution in [0.25, 0.3) is 0 Å². The van der Waals surface area contributed by atoms with E-state index >= 15 is 0 Å². The molecule has 17 heavy (non-hydrogen) atoms. The van der Waals surface area contributed by atoms with E-state index in [0.717, 1.165) is 0 Å². The van der Waals surface area contributed by atoms with Gasteiger partial charge in [-0.3, -0.25) is 15.1 Å². The minimum atomic E-state index is -0.415. The maximum Gasteiger partial charge on any atom is 0.280 e. The Morgan fingerprint density at radius 2 is 2.35 bits per heavy atom. The molecule has 0 aliphatic carbocycles. The van der Waals surface area contributed by atoms with Crippen molar-refractivity contribution in [3.8, 4) is 5.75 Å². The summed E-state index contributed by atoms with van der Waals surface area (Å²) < 4.78 is 5.07. The standard InChI is InChI=1S/C11H13N3O3/c1-7-6-12-11(13-7)9-5-8(17-2)3-4-10(9)14(15)16/h3-5,7H,6H2,1-2H3,(H,12,13). The van der Waals surface area contributed by atoms with E-state index in [2.05, 4.69) is 10.3 Å². The van der Waals surface area contributed by atoms with Crippen LogP contribution in [-0.4, -0.2) is 30.5 Å². The van der Waals surface area contributed by atoms with Crippen molar-refractivity contribution < 1.29 is 9.66 Å². The number of nitrogens with zero attached hydrogens (tertiary/aromatic N) is 2. The minimum absolute atomic E-state index is 0.0335. The van der Waals surface area contributed by atoms with Crippen LogP contribution in [0.4, 0.5) is 5.69 Å². The Kier molecular flexibility index (Phi) is 2.95. The molecule has 0 bridgehead atoms. The summed E-state index contributed by atoms with van der Waals surface area (Å²) in [5.74, 6) is 1.14. The van der Waals surface area contributed by atoms with Gasteiger partial charge in [-0.05, 0) is 19.1 Å². The smallest absolute Gasteiger partial charge is 0.280 e. The molecular formula is C11H13N3O3. The maximum atomic E-state index is 10.9. The Labute approximate surface area is 98.5 Å². The van der Waals surface area contributed by atoms with E-state index < -0.39 is 4.92 Å². The molecule has 0 saturated carbocycles. The van der Waals surface area contributed by atoms with Crippen LogP contribution in [0.3, 0.4) is 0 Å². The monoisotopic (exact) mass is 235 g/mol. The topological polar surface area (TPSA) is 76.8 Å². The Bertz CT molecular complexity index is 485. The summed E-state index contributed by atoms with van der Waals surface area (Å²) in [6, 6.07) is 4.83. The summed E-state index contributed by atoms with van der Waals surface area (Å²) in [6.45, 7) is 2.60. The maximum absolute atomic E-state index is 10.9. The number of nitrogens with one attached hydrogen (secondary N) is 1. The number of hydrogen-bond donors (Lipinski definition) is 1. The molecule has 1 aromatic rings. The molecule has 1 heterocycles. The van der Waals surface area contributed by atoms with Crippen molar-refractivity contribution in [3.05, 3.63) is 33.9 Å². The summed E-state index contributed by atoms with van der Waals surface area (Å²) >= 11 is 0. The lowest BCUT2D eigenvalue weighted by atomic mass is 10.1. The zero-order valence-corrected chi connectivity index (χ0v) is 9.64. The van der Waals surface area contributed by atoms with Crippen LogP contribution in [0.2, 0.25) is 0 Å². The first-order valence-corrected chi connectivity index (χ1v) is 5.25. The number of rotatable bonds is 3. The Balaban J connectivity index is 2.45. The average molecular weight is 235 g/mol. The molecule has 0 aromatic heterocycles. The highest BCUT2D eigenvalue weighted by Gasteiger charge is 2.23. The van der Waals surface area contributed by atoms with E-state index in [4.69, 9.17) is 4.74 Å². The van der Waals surface area contributed by atoms with Gasteiger partial charge in [0.25, 0.3) is 5.69 Å². The third kappa shape index (κ3) is 2.20. The van der Waals surface area contributed by atoms with Crippen molar-refractivity contribution in [2.75, 3.05) is 13.7 Å². The number of nitro groups is 1. The summed E-state index contributed by atoms with van der Waals surface area (Å²) in [5.41, 5.74) is 0.504. The van der Waals surface area contributed by atoms with Gasteiger partial charge >= 0.3 is 0 Å². The van der Waals surface area contributed by atoms with Gasteiger partial charge in [0.15, 0.2) is 0 Å². The first kappa shape index (κ1) is 11.4. The van der Waals surface area contributed by atoms with Gasteiger partial charge in [-0.1, -0.05) is 0 Å². The summed E-state index contributed by atoms with van der Waals surface area (Å²) in [7, 11) is 1.53. The lowest BCUT2D eigenvalue weighted by molar-refractivity contribution is -0.385. The van der Waals surface area contributed by atoms with Crippen LogP contribution in [0, 0.1) is 10.1 Å². The van der Waals surface area contributed by atoms with Crippen LogP contribution in [0.1, 0.15) is 12.5 Å². The van der Waals surface area contributed by atoms with Crippen molar-refractivity contribution >= 4 is 11.5 Å². The van der Waals surface area contributed by atoms with E-state index in [1.165, 1.54) is 13.2 Å². The lowest BCUT2D eigenvalue weighted by Crippen LogP contribution is -2.28. The van der Waals surface area contributed by atoms with E-state index in [1.807, 2.05) is 6.92 Å². The Morgan fingerprint density at radius 3 is 2.88 bits per heavy atom. The van der Waals surface area contributed by atoms with Crippen LogP contribution in [-0.2, 0) is 0 Å². The highest BCUT2D eigenvalue weighted by Crippen LogP contribution is 2.25. The first-order chi connectivity index (χ1) is 8.11. The molecule has 0 fully saturated rings. The van der Waals surface area contributed by atoms with Gasteiger partial charge in [0.05, 0.1) is 24.1 Å². The molecule has 0 saturated heterocycles. The predicted octanol–water partition coefficient (Wildman–Crippen LogP) is 1.34. The van der Waals surface area contributed by atoms with E-state index in [9.17, 15) is 10.1 Å². The molecule has 1 aliphatic rings. The summed E-state index contributed by atoms with van der Waals surface area (Å²) in [4.78, 5) is 14.8. The zero-order chi connectivity index (χ0) is 12.4. The second-order valence-electron chi connectivity index (χ2n) is 3.87. The molecule has 6 nitrogen and oxygen atoms in total. The molecule has 90 valence electrons. The van der Waals surface area contributed by atoms with E-state index in [1.54, 1.807) is 12.1 Å². The van der Waals surface area contributed by atoms with Gasteiger partial charge in [0.1, 0.15) is 11.6 Å². The van der Waals surface area contributed by atoms with Crippen molar-refractivity contribution in [2.24, 2.45) is 4.99 Å². The number of aliphatic imine (C=N–C) groups is 1. The van der Waals surface area contributed by atoms with Crippen molar-refractivity contribution in [2.45, 2.75) is 13.0 Å². The highest BCUT2D eigenvalue weighted by molar-refractivity contribution is 6.03. The molecule has 0 amide bonds. The number of ether oxygens (including phenoxy) is 1. The minimum Gasteiger partial charge on any atom is -0.497 e. The number of hydrogen-bond acceptors (Lipinski definition) is 5. The van der Waals surface area contributed by atoms with Crippen LogP contribution < -0.4 is 10.1 Å². The lowest BCUT2D eigenvalue weighted by Gasteiger charge is -2.08. The normalized spacial score (nSPS) is 18.5. The van der Waals surface area contributed by atoms with E-state index in [-0.39, 0.29) is 11.7 Å². The number of amidine groups is 1. The molecule has 1 N–H and O–H groups in total. The third-order valence-electron chi connectivity index (χ3n) is 2.56. The number of benzene rings is 1. The fraction of sp³-hybridized carbons (Fsp3) is 0.364. The third-order valence-corrected chi connectivity index (χ3v) is 2.56. The van der Waals surface area contributed by atoms with Crippen molar-refractivity contribution in [1.29, 1.82) is 0 Å². The quantitative estimate of drug-likeness (QED) is 0.633. The Morgan fingerprint density at radius 1 is 1.59 bits per heavy atom. The second kappa shape index (κ2) is 4.40. The Hall–Kier alpha value is -2.11. The zero-order valence-electron chi connectivity index (χ0n) is 9.64.